The van der Waals surface area contributed by atoms with Gasteiger partial charge in [-0.05, 0) is 78.9 Å². The second-order valence-electron chi connectivity index (χ2n) is 8.62. The van der Waals surface area contributed by atoms with Gasteiger partial charge in [-0.1, -0.05) is 31.5 Å². The van der Waals surface area contributed by atoms with Crippen LogP contribution in [0.25, 0.3) is 17.2 Å². The zero-order valence-corrected chi connectivity index (χ0v) is 20.7. The quantitative estimate of drug-likeness (QED) is 0.191. The Morgan fingerprint density at radius 3 is 2.63 bits per heavy atom. The van der Waals surface area contributed by atoms with Crippen molar-refractivity contribution < 1.29 is 23.4 Å². The molecule has 35 heavy (non-hydrogen) atoms. The summed E-state index contributed by atoms with van der Waals surface area (Å²) in [5.41, 5.74) is 4.82. The molecule has 0 fully saturated rings. The predicted molar refractivity (Wildman–Crippen MR) is 137 cm³/mol. The highest BCUT2D eigenvalue weighted by Gasteiger charge is 2.21. The molecule has 3 aromatic rings. The molecule has 1 atom stereocenters. The summed E-state index contributed by atoms with van der Waals surface area (Å²) in [6.45, 7) is 6.07. The molecule has 0 bridgehead atoms. The molecule has 0 N–H and O–H groups in total. The number of furan rings is 1. The van der Waals surface area contributed by atoms with E-state index in [1.54, 1.807) is 6.26 Å². The molecule has 0 radical (unpaired) electrons. The molecule has 1 unspecified atom stereocenters. The monoisotopic (exact) mass is 475 g/mol. The van der Waals surface area contributed by atoms with E-state index >= 15 is 0 Å². The van der Waals surface area contributed by atoms with E-state index in [4.69, 9.17) is 18.6 Å². The Labute approximate surface area is 207 Å². The summed E-state index contributed by atoms with van der Waals surface area (Å²) in [6.07, 6.45) is 6.05. The number of esters is 1. The second-order valence-corrected chi connectivity index (χ2v) is 8.62. The molecule has 1 aliphatic rings. The number of rotatable bonds is 10. The highest BCUT2D eigenvalue weighted by Crippen LogP contribution is 2.34. The number of anilines is 1. The normalized spacial score (nSPS) is 14.0. The highest BCUT2D eigenvalue weighted by molar-refractivity contribution is 5.96. The lowest BCUT2D eigenvalue weighted by Gasteiger charge is -2.24. The van der Waals surface area contributed by atoms with Crippen molar-refractivity contribution in [3.8, 4) is 16.9 Å². The predicted octanol–water partition coefficient (Wildman–Crippen LogP) is 6.45. The molecular formula is C29H33NO5. The highest BCUT2D eigenvalue weighted by atomic mass is 16.7. The van der Waals surface area contributed by atoms with Crippen LogP contribution in [0.4, 0.5) is 5.69 Å². The Morgan fingerprint density at radius 1 is 1.11 bits per heavy atom. The summed E-state index contributed by atoms with van der Waals surface area (Å²) >= 11 is 0. The Balaban J connectivity index is 1.57. The van der Waals surface area contributed by atoms with E-state index in [0.717, 1.165) is 46.7 Å². The largest absolute Gasteiger partial charge is 0.467 e. The van der Waals surface area contributed by atoms with Crippen LogP contribution in [0.5, 0.6) is 5.75 Å². The van der Waals surface area contributed by atoms with E-state index in [1.807, 2.05) is 49.4 Å². The third kappa shape index (κ3) is 6.34. The fraction of sp³-hybridized carbons (Fsp3) is 0.345. The third-order valence-electron chi connectivity index (χ3n) is 6.06. The molecule has 184 valence electrons. The summed E-state index contributed by atoms with van der Waals surface area (Å²) in [5, 5.41) is 0. The van der Waals surface area contributed by atoms with Crippen LogP contribution in [-0.2, 0) is 20.8 Å². The molecule has 0 saturated carbocycles. The van der Waals surface area contributed by atoms with Crippen LogP contribution in [0.2, 0.25) is 0 Å². The summed E-state index contributed by atoms with van der Waals surface area (Å²) < 4.78 is 22.2. The van der Waals surface area contributed by atoms with Gasteiger partial charge in [0.05, 0.1) is 26.5 Å². The Hall–Kier alpha value is -3.51. The molecule has 1 aliphatic heterocycles. The fourth-order valence-corrected chi connectivity index (χ4v) is 4.17. The molecule has 0 aliphatic carbocycles. The van der Waals surface area contributed by atoms with Crippen molar-refractivity contribution in [3.63, 3.8) is 0 Å². The smallest absolute Gasteiger partial charge is 0.333 e. The number of carbonyl (C=O) groups is 1. The van der Waals surface area contributed by atoms with Crippen molar-refractivity contribution in [3.05, 3.63) is 77.8 Å². The lowest BCUT2D eigenvalue weighted by atomic mass is 10.00. The van der Waals surface area contributed by atoms with Crippen LogP contribution < -0.4 is 9.64 Å². The first-order valence-corrected chi connectivity index (χ1v) is 12.2. The Morgan fingerprint density at radius 2 is 1.91 bits per heavy atom. The summed E-state index contributed by atoms with van der Waals surface area (Å²) in [6, 6.07) is 18.2. The summed E-state index contributed by atoms with van der Waals surface area (Å²) in [5.74, 6) is 1.35. The van der Waals surface area contributed by atoms with E-state index < -0.39 is 0 Å². The van der Waals surface area contributed by atoms with Crippen LogP contribution in [0.3, 0.4) is 0 Å². The standard InChI is InChI=1S/C29H33NO5/c1-4-5-16-33-21(2)35-26-11-8-22(9-12-26)23-10-13-28-25(18-23)19-24(29(31)32-3)14-15-30(28)20-27-7-6-17-34-27/h6-13,17-19,21H,4-5,14-16,20H2,1-3H3. The van der Waals surface area contributed by atoms with E-state index in [9.17, 15) is 4.79 Å². The third-order valence-corrected chi connectivity index (χ3v) is 6.06. The van der Waals surface area contributed by atoms with Crippen LogP contribution in [0.15, 0.2) is 70.9 Å². The molecular weight excluding hydrogens is 442 g/mol. The van der Waals surface area contributed by atoms with Gasteiger partial charge in [-0.15, -0.1) is 0 Å². The number of benzene rings is 2. The Kier molecular flexibility index (Phi) is 8.27. The molecule has 0 spiro atoms. The molecule has 4 rings (SSSR count). The van der Waals surface area contributed by atoms with Gasteiger partial charge in [0, 0.05) is 17.8 Å². The molecule has 2 aromatic carbocycles. The average Bonchev–Trinajstić information content (AvgIpc) is 3.32. The van der Waals surface area contributed by atoms with Gasteiger partial charge >= 0.3 is 5.97 Å². The van der Waals surface area contributed by atoms with Crippen LogP contribution in [0, 0.1) is 0 Å². The SMILES string of the molecule is CCCCOC(C)Oc1ccc(-c2ccc3c(c2)C=C(C(=O)OC)CCN3Cc2ccco2)cc1. The molecule has 0 saturated heterocycles. The van der Waals surface area contributed by atoms with Gasteiger partial charge in [0.1, 0.15) is 11.5 Å². The van der Waals surface area contributed by atoms with Crippen molar-refractivity contribution in [2.75, 3.05) is 25.2 Å². The van der Waals surface area contributed by atoms with Crippen LogP contribution in [-0.4, -0.2) is 32.5 Å². The van der Waals surface area contributed by atoms with Gasteiger partial charge in [-0.3, -0.25) is 0 Å². The zero-order valence-electron chi connectivity index (χ0n) is 20.7. The van der Waals surface area contributed by atoms with Gasteiger partial charge in [-0.2, -0.15) is 0 Å². The molecule has 0 amide bonds. The van der Waals surface area contributed by atoms with E-state index in [-0.39, 0.29) is 12.3 Å². The van der Waals surface area contributed by atoms with Crippen molar-refractivity contribution in [2.24, 2.45) is 0 Å². The Bertz CT molecular complexity index is 1130. The molecule has 2 heterocycles. The van der Waals surface area contributed by atoms with Crippen LogP contribution in [0.1, 0.15) is 44.4 Å². The molecule has 6 heteroatoms. The first-order valence-electron chi connectivity index (χ1n) is 12.2. The number of nitrogens with zero attached hydrogens (tertiary/aromatic N) is 1. The number of carbonyl (C=O) groups excluding carboxylic acids is 1. The van der Waals surface area contributed by atoms with Crippen LogP contribution >= 0.6 is 0 Å². The fourth-order valence-electron chi connectivity index (χ4n) is 4.17. The average molecular weight is 476 g/mol. The minimum Gasteiger partial charge on any atom is -0.467 e. The number of methoxy groups -OCH3 is 1. The number of ether oxygens (including phenoxy) is 3. The maximum Gasteiger partial charge on any atom is 0.333 e. The minimum absolute atomic E-state index is 0.290. The maximum absolute atomic E-state index is 12.4. The second kappa shape index (κ2) is 11.8. The number of hydrogen-bond acceptors (Lipinski definition) is 6. The molecule has 6 nitrogen and oxygen atoms in total. The van der Waals surface area contributed by atoms with Gasteiger partial charge in [0.25, 0.3) is 0 Å². The van der Waals surface area contributed by atoms with Gasteiger partial charge in [0.2, 0.25) is 0 Å². The number of unbranched alkanes of at least 4 members (excludes halogenated alkanes) is 1. The van der Waals surface area contributed by atoms with Gasteiger partial charge in [0.15, 0.2) is 6.29 Å². The van der Waals surface area contributed by atoms with Crippen molar-refractivity contribution in [1.82, 2.24) is 0 Å². The minimum atomic E-state index is -0.294. The van der Waals surface area contributed by atoms with Gasteiger partial charge < -0.3 is 23.5 Å². The lowest BCUT2D eigenvalue weighted by Crippen LogP contribution is -2.24. The number of fused-ring (bicyclic) bond motifs is 1. The van der Waals surface area contributed by atoms with Crippen molar-refractivity contribution >= 4 is 17.7 Å². The van der Waals surface area contributed by atoms with E-state index in [2.05, 4.69) is 30.0 Å². The first kappa shape index (κ1) is 24.6. The summed E-state index contributed by atoms with van der Waals surface area (Å²) in [7, 11) is 1.42. The van der Waals surface area contributed by atoms with Crippen molar-refractivity contribution in [1.29, 1.82) is 0 Å². The molecule has 1 aromatic heterocycles. The summed E-state index contributed by atoms with van der Waals surface area (Å²) in [4.78, 5) is 14.6. The van der Waals surface area contributed by atoms with E-state index in [1.165, 1.54) is 7.11 Å². The maximum atomic E-state index is 12.4. The van der Waals surface area contributed by atoms with Crippen molar-refractivity contribution in [2.45, 2.75) is 45.9 Å². The topological polar surface area (TPSA) is 61.1 Å². The van der Waals surface area contributed by atoms with E-state index in [0.29, 0.717) is 31.7 Å². The first-order chi connectivity index (χ1) is 17.1. The lowest BCUT2D eigenvalue weighted by molar-refractivity contribution is -0.136. The number of hydrogen-bond donors (Lipinski definition) is 0. The zero-order chi connectivity index (χ0) is 24.6. The van der Waals surface area contributed by atoms with Gasteiger partial charge in [-0.25, -0.2) is 4.79 Å².